The van der Waals surface area contributed by atoms with Crippen LogP contribution in [0.3, 0.4) is 0 Å². The monoisotopic (exact) mass is 455 g/mol. The Labute approximate surface area is 165 Å². The highest BCUT2D eigenvalue weighted by atomic mass is 79.9. The van der Waals surface area contributed by atoms with Crippen molar-refractivity contribution in [3.63, 3.8) is 0 Å². The summed E-state index contributed by atoms with van der Waals surface area (Å²) in [6.45, 7) is 0.0145. The first-order chi connectivity index (χ1) is 13.1. The largest absolute Gasteiger partial charge is 0.417 e. The van der Waals surface area contributed by atoms with Crippen LogP contribution < -0.4 is 10.6 Å². The summed E-state index contributed by atoms with van der Waals surface area (Å²) in [5.74, 6) is -0.931. The lowest BCUT2D eigenvalue weighted by molar-refractivity contribution is -0.138. The van der Waals surface area contributed by atoms with Crippen molar-refractivity contribution in [3.05, 3.63) is 63.6 Å². The van der Waals surface area contributed by atoms with Crippen molar-refractivity contribution in [1.29, 1.82) is 0 Å². The Morgan fingerprint density at radius 2 is 1.82 bits per heavy atom. The van der Waals surface area contributed by atoms with Crippen molar-refractivity contribution >= 4 is 39.5 Å². The summed E-state index contributed by atoms with van der Waals surface area (Å²) in [5, 5.41) is 4.82. The minimum absolute atomic E-state index is 0.00364. The molecule has 1 fully saturated rings. The molecule has 0 bridgehead atoms. The van der Waals surface area contributed by atoms with Crippen LogP contribution in [0.25, 0.3) is 0 Å². The van der Waals surface area contributed by atoms with Gasteiger partial charge < -0.3 is 10.6 Å². The molecule has 0 spiro atoms. The molecule has 0 aromatic heterocycles. The summed E-state index contributed by atoms with van der Waals surface area (Å²) >= 11 is 2.84. The average molecular weight is 456 g/mol. The number of alkyl halides is 3. The second kappa shape index (κ2) is 7.63. The summed E-state index contributed by atoms with van der Waals surface area (Å²) in [6, 6.07) is 8.98. The number of carbonyl (C=O) groups excluding carboxylic acids is 3. The molecule has 0 unspecified atom stereocenters. The minimum atomic E-state index is -4.56. The lowest BCUT2D eigenvalue weighted by Crippen LogP contribution is -2.30. The first-order valence-electron chi connectivity index (χ1n) is 8.00. The molecule has 28 heavy (non-hydrogen) atoms. The van der Waals surface area contributed by atoms with Gasteiger partial charge in [0.05, 0.1) is 18.7 Å². The van der Waals surface area contributed by atoms with Gasteiger partial charge in [0.15, 0.2) is 0 Å². The maximum atomic E-state index is 13.0. The average Bonchev–Trinajstić information content (AvgIpc) is 2.95. The number of nitrogens with zero attached hydrogens (tertiary/aromatic N) is 1. The Hall–Kier alpha value is -2.88. The van der Waals surface area contributed by atoms with Gasteiger partial charge >= 0.3 is 12.2 Å². The Balaban J connectivity index is 1.70. The highest BCUT2D eigenvalue weighted by molar-refractivity contribution is 9.10. The number of urea groups is 1. The van der Waals surface area contributed by atoms with Crippen molar-refractivity contribution in [2.75, 3.05) is 11.9 Å². The van der Waals surface area contributed by atoms with E-state index in [4.69, 9.17) is 0 Å². The standard InChI is InChI=1S/C18H13BrF3N3O3/c19-14-6-5-12(7-13(14)18(20,21)22)24-16(27)11-3-1-10(2-4-11)9-25-15(26)8-23-17(25)28/h1-7H,8-9H2,(H,23,28)(H,24,27). The van der Waals surface area contributed by atoms with E-state index in [-0.39, 0.29) is 34.7 Å². The van der Waals surface area contributed by atoms with E-state index in [0.717, 1.165) is 11.0 Å². The third kappa shape index (κ3) is 4.33. The lowest BCUT2D eigenvalue weighted by atomic mass is 10.1. The molecule has 0 radical (unpaired) electrons. The first-order valence-corrected chi connectivity index (χ1v) is 8.79. The molecule has 3 rings (SSSR count). The van der Waals surface area contributed by atoms with E-state index in [0.29, 0.717) is 5.56 Å². The number of hydrogen-bond acceptors (Lipinski definition) is 3. The predicted octanol–water partition coefficient (Wildman–Crippen LogP) is 3.77. The molecule has 1 heterocycles. The number of anilines is 1. The van der Waals surface area contributed by atoms with Crippen LogP contribution in [0, 0.1) is 0 Å². The zero-order chi connectivity index (χ0) is 20.5. The molecule has 1 aliphatic heterocycles. The van der Waals surface area contributed by atoms with E-state index in [1.165, 1.54) is 24.3 Å². The number of imide groups is 1. The van der Waals surface area contributed by atoms with E-state index in [1.54, 1.807) is 12.1 Å². The Bertz CT molecular complexity index is 929. The Kier molecular flexibility index (Phi) is 5.41. The van der Waals surface area contributed by atoms with Crippen molar-refractivity contribution in [3.8, 4) is 0 Å². The fourth-order valence-corrected chi connectivity index (χ4v) is 3.05. The minimum Gasteiger partial charge on any atom is -0.329 e. The zero-order valence-electron chi connectivity index (χ0n) is 14.1. The lowest BCUT2D eigenvalue weighted by Gasteiger charge is -2.13. The van der Waals surface area contributed by atoms with Gasteiger partial charge in [0.2, 0.25) is 5.91 Å². The van der Waals surface area contributed by atoms with Crippen LogP contribution >= 0.6 is 15.9 Å². The topological polar surface area (TPSA) is 78.5 Å². The van der Waals surface area contributed by atoms with E-state index >= 15 is 0 Å². The summed E-state index contributed by atoms with van der Waals surface area (Å²) < 4.78 is 38.7. The molecule has 1 saturated heterocycles. The van der Waals surface area contributed by atoms with E-state index in [2.05, 4.69) is 26.6 Å². The fraction of sp³-hybridized carbons (Fsp3) is 0.167. The molecule has 6 nitrogen and oxygen atoms in total. The summed E-state index contributed by atoms with van der Waals surface area (Å²) in [5.41, 5.74) is -0.0412. The van der Waals surface area contributed by atoms with Gasteiger partial charge in [-0.15, -0.1) is 0 Å². The zero-order valence-corrected chi connectivity index (χ0v) is 15.7. The number of halogens is 4. The SMILES string of the molecule is O=C(Nc1ccc(Br)c(C(F)(F)F)c1)c1ccc(CN2C(=O)CNC2=O)cc1. The van der Waals surface area contributed by atoms with Crippen LogP contribution in [0.4, 0.5) is 23.7 Å². The second-order valence-corrected chi connectivity index (χ2v) is 6.84. The van der Waals surface area contributed by atoms with Crippen molar-refractivity contribution in [1.82, 2.24) is 10.2 Å². The maximum absolute atomic E-state index is 13.0. The van der Waals surface area contributed by atoms with Crippen LogP contribution in [-0.4, -0.2) is 29.3 Å². The van der Waals surface area contributed by atoms with Crippen molar-refractivity contribution < 1.29 is 27.6 Å². The highest BCUT2D eigenvalue weighted by Crippen LogP contribution is 2.36. The van der Waals surface area contributed by atoms with Gasteiger partial charge in [-0.3, -0.25) is 14.5 Å². The highest BCUT2D eigenvalue weighted by Gasteiger charge is 2.33. The number of rotatable bonds is 4. The molecule has 0 saturated carbocycles. The normalized spacial score (nSPS) is 14.2. The first kappa shape index (κ1) is 19.9. The van der Waals surface area contributed by atoms with E-state index in [9.17, 15) is 27.6 Å². The smallest absolute Gasteiger partial charge is 0.329 e. The number of hydrogen-bond donors (Lipinski definition) is 2. The molecule has 4 amide bonds. The number of nitrogens with one attached hydrogen (secondary N) is 2. The quantitative estimate of drug-likeness (QED) is 0.688. The Morgan fingerprint density at radius 1 is 1.14 bits per heavy atom. The van der Waals surface area contributed by atoms with Crippen LogP contribution in [0.5, 0.6) is 0 Å². The fourth-order valence-electron chi connectivity index (χ4n) is 2.58. The van der Waals surface area contributed by atoms with Crippen LogP contribution in [0.1, 0.15) is 21.5 Å². The molecule has 2 N–H and O–H groups in total. The third-order valence-corrected chi connectivity index (χ3v) is 4.71. The molecule has 1 aliphatic rings. The van der Waals surface area contributed by atoms with Crippen molar-refractivity contribution in [2.24, 2.45) is 0 Å². The maximum Gasteiger partial charge on any atom is 0.417 e. The van der Waals surface area contributed by atoms with Gasteiger partial charge in [-0.1, -0.05) is 28.1 Å². The molecular weight excluding hydrogens is 443 g/mol. The van der Waals surface area contributed by atoms with Gasteiger partial charge in [-0.05, 0) is 35.9 Å². The van der Waals surface area contributed by atoms with E-state index in [1.807, 2.05) is 0 Å². The molecule has 146 valence electrons. The summed E-state index contributed by atoms with van der Waals surface area (Å²) in [7, 11) is 0. The molecular formula is C18H13BrF3N3O3. The summed E-state index contributed by atoms with van der Waals surface area (Å²) in [6.07, 6.45) is -4.56. The Morgan fingerprint density at radius 3 is 2.39 bits per heavy atom. The molecule has 10 heteroatoms. The predicted molar refractivity (Wildman–Crippen MR) is 97.5 cm³/mol. The van der Waals surface area contributed by atoms with Crippen LogP contribution in [0.2, 0.25) is 0 Å². The second-order valence-electron chi connectivity index (χ2n) is 5.98. The molecule has 2 aromatic carbocycles. The third-order valence-electron chi connectivity index (χ3n) is 4.02. The van der Waals surface area contributed by atoms with Crippen LogP contribution in [0.15, 0.2) is 46.9 Å². The van der Waals surface area contributed by atoms with Gasteiger partial charge in [0.25, 0.3) is 5.91 Å². The van der Waals surface area contributed by atoms with Gasteiger partial charge in [-0.25, -0.2) is 4.79 Å². The van der Waals surface area contributed by atoms with Gasteiger partial charge in [-0.2, -0.15) is 13.2 Å². The number of amides is 4. The van der Waals surface area contributed by atoms with Crippen LogP contribution in [-0.2, 0) is 17.5 Å². The summed E-state index contributed by atoms with van der Waals surface area (Å²) in [4.78, 5) is 36.5. The van der Waals surface area contributed by atoms with E-state index < -0.39 is 23.7 Å². The molecule has 0 aliphatic carbocycles. The van der Waals surface area contributed by atoms with Gasteiger partial charge in [0.1, 0.15) is 0 Å². The van der Waals surface area contributed by atoms with Gasteiger partial charge in [0, 0.05) is 15.7 Å². The number of carbonyl (C=O) groups is 3. The van der Waals surface area contributed by atoms with Crippen molar-refractivity contribution in [2.45, 2.75) is 12.7 Å². The molecule has 2 aromatic rings. The molecule has 0 atom stereocenters. The number of benzene rings is 2.